The summed E-state index contributed by atoms with van der Waals surface area (Å²) in [5.41, 5.74) is 15.0. The van der Waals surface area contributed by atoms with Crippen molar-refractivity contribution in [2.24, 2.45) is 0 Å². The summed E-state index contributed by atoms with van der Waals surface area (Å²) in [5.74, 6) is 0. The van der Waals surface area contributed by atoms with Crippen LogP contribution >= 0.6 is 0 Å². The molecule has 3 nitrogen and oxygen atoms in total. The van der Waals surface area contributed by atoms with Crippen LogP contribution in [-0.4, -0.2) is 4.57 Å². The SMILES string of the molecule is C=C(/C=C\C=C(/C)c1ccccc1)N(c1ccc(-c2cccc(-n3c4ccccc4c4ccccc43)c2)cc1)c1ccccc1-c1cccc2oc3c4ccccc4ccc3c12. The molecule has 0 N–H and O–H groups in total. The number of benzene rings is 9. The maximum atomic E-state index is 6.65. The summed E-state index contributed by atoms with van der Waals surface area (Å²) < 4.78 is 9.02. The zero-order chi connectivity index (χ0) is 41.6. The molecule has 0 radical (unpaired) electrons. The second-order valence-corrected chi connectivity index (χ2v) is 15.8. The summed E-state index contributed by atoms with van der Waals surface area (Å²) in [6, 6.07) is 73.3. The molecular weight excluding hydrogens is 753 g/mol. The summed E-state index contributed by atoms with van der Waals surface area (Å²) >= 11 is 0. The number of para-hydroxylation sites is 3. The molecule has 0 amide bonds. The Morgan fingerprint density at radius 1 is 0.548 bits per heavy atom. The first-order chi connectivity index (χ1) is 30.6. The quantitative estimate of drug-likeness (QED) is 0.136. The number of allylic oxidation sites excluding steroid dienone is 4. The highest BCUT2D eigenvalue weighted by Crippen LogP contribution is 2.45. The Morgan fingerprint density at radius 2 is 1.21 bits per heavy atom. The first-order valence-corrected chi connectivity index (χ1v) is 21.1. The molecule has 0 spiro atoms. The van der Waals surface area contributed by atoms with E-state index in [0.717, 1.165) is 77.7 Å². The van der Waals surface area contributed by atoms with Crippen molar-refractivity contribution in [3.63, 3.8) is 0 Å². The molecule has 11 aromatic rings. The first kappa shape index (κ1) is 36.9. The number of hydrogen-bond donors (Lipinski definition) is 0. The summed E-state index contributed by atoms with van der Waals surface area (Å²) in [6.07, 6.45) is 6.36. The Morgan fingerprint density at radius 3 is 2.00 bits per heavy atom. The predicted molar refractivity (Wildman–Crippen MR) is 263 cm³/mol. The van der Waals surface area contributed by atoms with Crippen molar-refractivity contribution >= 4 is 71.5 Å². The fraction of sp³-hybridized carbons (Fsp3) is 0.0169. The van der Waals surface area contributed by atoms with Gasteiger partial charge in [0.2, 0.25) is 0 Å². The average molecular weight is 795 g/mol. The molecule has 0 fully saturated rings. The van der Waals surface area contributed by atoms with Gasteiger partial charge in [0.1, 0.15) is 11.2 Å². The monoisotopic (exact) mass is 794 g/mol. The Bertz CT molecular complexity index is 3490. The Labute approximate surface area is 361 Å². The molecule has 9 aromatic carbocycles. The van der Waals surface area contributed by atoms with Gasteiger partial charge in [0.05, 0.1) is 16.7 Å². The van der Waals surface area contributed by atoms with E-state index in [1.54, 1.807) is 0 Å². The number of fused-ring (bicyclic) bond motifs is 8. The molecule has 11 rings (SSSR count). The van der Waals surface area contributed by atoms with Gasteiger partial charge < -0.3 is 13.9 Å². The highest BCUT2D eigenvalue weighted by molar-refractivity contribution is 6.19. The van der Waals surface area contributed by atoms with Gasteiger partial charge in [0.15, 0.2) is 0 Å². The van der Waals surface area contributed by atoms with E-state index in [2.05, 4.69) is 235 Å². The molecule has 2 heterocycles. The number of aromatic nitrogens is 1. The molecule has 0 aliphatic rings. The van der Waals surface area contributed by atoms with Gasteiger partial charge in [-0.1, -0.05) is 170 Å². The van der Waals surface area contributed by atoms with Crippen molar-refractivity contribution in [1.82, 2.24) is 4.57 Å². The van der Waals surface area contributed by atoms with Gasteiger partial charge in [-0.3, -0.25) is 0 Å². The molecule has 62 heavy (non-hydrogen) atoms. The second-order valence-electron chi connectivity index (χ2n) is 15.8. The average Bonchev–Trinajstić information content (AvgIpc) is 3.89. The molecule has 2 aromatic heterocycles. The van der Waals surface area contributed by atoms with Gasteiger partial charge in [-0.2, -0.15) is 0 Å². The Kier molecular flexibility index (Phi) is 9.21. The van der Waals surface area contributed by atoms with Crippen LogP contribution in [0.4, 0.5) is 11.4 Å². The third-order valence-corrected chi connectivity index (χ3v) is 12.1. The van der Waals surface area contributed by atoms with E-state index < -0.39 is 0 Å². The lowest BCUT2D eigenvalue weighted by atomic mass is 9.96. The van der Waals surface area contributed by atoms with Gasteiger partial charge in [0, 0.05) is 49.6 Å². The van der Waals surface area contributed by atoms with Crippen LogP contribution in [0.5, 0.6) is 0 Å². The molecule has 294 valence electrons. The van der Waals surface area contributed by atoms with E-state index in [1.807, 2.05) is 6.07 Å². The van der Waals surface area contributed by atoms with E-state index in [4.69, 9.17) is 11.0 Å². The maximum absolute atomic E-state index is 6.65. The normalized spacial score (nSPS) is 12.0. The van der Waals surface area contributed by atoms with E-state index in [9.17, 15) is 0 Å². The van der Waals surface area contributed by atoms with E-state index >= 15 is 0 Å². The fourth-order valence-electron chi connectivity index (χ4n) is 9.14. The predicted octanol–water partition coefficient (Wildman–Crippen LogP) is 16.5. The molecule has 0 saturated carbocycles. The largest absolute Gasteiger partial charge is 0.455 e. The molecular formula is C59H42N2O. The number of rotatable bonds is 9. The summed E-state index contributed by atoms with van der Waals surface area (Å²) in [7, 11) is 0. The highest BCUT2D eigenvalue weighted by Gasteiger charge is 2.21. The van der Waals surface area contributed by atoms with E-state index in [0.29, 0.717) is 0 Å². The van der Waals surface area contributed by atoms with Gasteiger partial charge in [-0.15, -0.1) is 0 Å². The molecule has 0 unspecified atom stereocenters. The van der Waals surface area contributed by atoms with Crippen LogP contribution in [0.1, 0.15) is 12.5 Å². The van der Waals surface area contributed by atoms with Crippen molar-refractivity contribution in [1.29, 1.82) is 0 Å². The number of nitrogens with zero attached hydrogens (tertiary/aromatic N) is 2. The van der Waals surface area contributed by atoms with Gasteiger partial charge >= 0.3 is 0 Å². The summed E-state index contributed by atoms with van der Waals surface area (Å²) in [4.78, 5) is 2.27. The Balaban J connectivity index is 1.02. The van der Waals surface area contributed by atoms with E-state index in [-0.39, 0.29) is 0 Å². The lowest BCUT2D eigenvalue weighted by Crippen LogP contribution is -2.15. The van der Waals surface area contributed by atoms with Gasteiger partial charge in [-0.25, -0.2) is 0 Å². The second kappa shape index (κ2) is 15.5. The lowest BCUT2D eigenvalue weighted by molar-refractivity contribution is 0.673. The Hall–Kier alpha value is -8.14. The minimum Gasteiger partial charge on any atom is -0.455 e. The molecule has 0 aliphatic heterocycles. The highest BCUT2D eigenvalue weighted by atomic mass is 16.3. The third-order valence-electron chi connectivity index (χ3n) is 12.1. The van der Waals surface area contributed by atoms with Gasteiger partial charge in [0.25, 0.3) is 0 Å². The van der Waals surface area contributed by atoms with Crippen LogP contribution in [0.15, 0.2) is 241 Å². The lowest BCUT2D eigenvalue weighted by Gasteiger charge is -2.28. The van der Waals surface area contributed by atoms with E-state index in [1.165, 1.54) is 32.9 Å². The van der Waals surface area contributed by atoms with Crippen LogP contribution < -0.4 is 4.90 Å². The van der Waals surface area contributed by atoms with Crippen LogP contribution in [0, 0.1) is 0 Å². The zero-order valence-corrected chi connectivity index (χ0v) is 34.4. The minimum absolute atomic E-state index is 0.839. The molecule has 0 bridgehead atoms. The first-order valence-electron chi connectivity index (χ1n) is 21.1. The van der Waals surface area contributed by atoms with Gasteiger partial charge in [-0.05, 0) is 101 Å². The number of furan rings is 1. The molecule has 3 heteroatoms. The van der Waals surface area contributed by atoms with Crippen molar-refractivity contribution in [3.05, 3.63) is 242 Å². The van der Waals surface area contributed by atoms with Crippen molar-refractivity contribution in [2.75, 3.05) is 4.90 Å². The topological polar surface area (TPSA) is 21.3 Å². The van der Waals surface area contributed by atoms with Crippen LogP contribution in [0.2, 0.25) is 0 Å². The van der Waals surface area contributed by atoms with Crippen molar-refractivity contribution < 1.29 is 4.42 Å². The zero-order valence-electron chi connectivity index (χ0n) is 34.4. The minimum atomic E-state index is 0.839. The standard InChI is InChI=1S/C59H42N2O/c1-40(42-19-4-3-5-20-42)17-14-18-41(2)60(54-29-11-10-27-51(54)52-28-16-32-57-58(52)53-38-35-44-21-6-7-24-48(44)59(53)62-57)46-36-33-43(34-37-46)45-22-15-23-47(39-45)61-55-30-12-8-25-49(55)50-26-9-13-31-56(50)61/h3-39H,2H2,1H3/b18-14-,40-17+. The van der Waals surface area contributed by atoms with Crippen molar-refractivity contribution in [2.45, 2.75) is 6.92 Å². The van der Waals surface area contributed by atoms with Crippen LogP contribution in [0.3, 0.4) is 0 Å². The molecule has 0 saturated heterocycles. The number of hydrogen-bond acceptors (Lipinski definition) is 2. The van der Waals surface area contributed by atoms with Crippen LogP contribution in [-0.2, 0) is 0 Å². The summed E-state index contributed by atoms with van der Waals surface area (Å²) in [5, 5.41) is 6.98. The third kappa shape index (κ3) is 6.39. The summed E-state index contributed by atoms with van der Waals surface area (Å²) in [6.45, 7) is 6.85. The van der Waals surface area contributed by atoms with Crippen LogP contribution in [0.25, 0.3) is 88.0 Å². The molecule has 0 aliphatic carbocycles. The number of anilines is 2. The fourth-order valence-corrected chi connectivity index (χ4v) is 9.14. The smallest absolute Gasteiger partial charge is 0.143 e. The van der Waals surface area contributed by atoms with Crippen molar-refractivity contribution in [3.8, 4) is 27.9 Å². The maximum Gasteiger partial charge on any atom is 0.143 e. The molecule has 0 atom stereocenters.